The van der Waals surface area contributed by atoms with E-state index in [0.717, 1.165) is 0 Å². The summed E-state index contributed by atoms with van der Waals surface area (Å²) in [4.78, 5) is 0. The van der Waals surface area contributed by atoms with Crippen LogP contribution in [0.15, 0.2) is 12.1 Å². The second-order valence-corrected chi connectivity index (χ2v) is 7.05. The van der Waals surface area contributed by atoms with Crippen molar-refractivity contribution in [1.82, 2.24) is 0 Å². The molecule has 3 nitrogen and oxygen atoms in total. The van der Waals surface area contributed by atoms with Gasteiger partial charge in [0.1, 0.15) is 5.82 Å². The van der Waals surface area contributed by atoms with Crippen LogP contribution in [0.2, 0.25) is 0 Å². The Labute approximate surface area is 109 Å². The molecule has 0 radical (unpaired) electrons. The van der Waals surface area contributed by atoms with Crippen molar-refractivity contribution in [3.63, 3.8) is 0 Å². The van der Waals surface area contributed by atoms with Crippen molar-refractivity contribution in [2.45, 2.75) is 30.6 Å². The fraction of sp³-hybridized carbons (Fsp3) is 0.500. The maximum atomic E-state index is 13.6. The molecular weight excluding hydrogens is 279 g/mol. The van der Waals surface area contributed by atoms with E-state index in [1.54, 1.807) is 0 Å². The van der Waals surface area contributed by atoms with Gasteiger partial charge in [-0.25, -0.2) is 21.6 Å². The highest BCUT2D eigenvalue weighted by Gasteiger charge is 2.35. The summed E-state index contributed by atoms with van der Waals surface area (Å²) in [5.74, 6) is -3.58. The monoisotopic (exact) mass is 293 g/mol. The van der Waals surface area contributed by atoms with Crippen LogP contribution in [0.3, 0.4) is 0 Å². The summed E-state index contributed by atoms with van der Waals surface area (Å²) in [5, 5.41) is -0.944. The Hall–Kier alpha value is -1.08. The molecule has 0 saturated carbocycles. The average Bonchev–Trinajstić information content (AvgIpc) is 2.32. The molecule has 1 aliphatic rings. The van der Waals surface area contributed by atoms with Gasteiger partial charge in [0.25, 0.3) is 0 Å². The van der Waals surface area contributed by atoms with Crippen molar-refractivity contribution in [2.75, 3.05) is 5.75 Å². The first kappa shape index (κ1) is 14.3. The molecule has 0 aliphatic carbocycles. The summed E-state index contributed by atoms with van der Waals surface area (Å²) in [6.07, 6.45) is 1.52. The number of halogens is 3. The van der Waals surface area contributed by atoms with E-state index in [9.17, 15) is 21.6 Å². The first-order chi connectivity index (χ1) is 8.83. The Morgan fingerprint density at radius 1 is 1.11 bits per heavy atom. The highest BCUT2D eigenvalue weighted by molar-refractivity contribution is 7.92. The second-order valence-electron chi connectivity index (χ2n) is 4.71. The fourth-order valence-corrected chi connectivity index (χ4v) is 4.40. The zero-order chi connectivity index (χ0) is 14.2. The minimum absolute atomic E-state index is 0.00331. The number of hydrogen-bond donors (Lipinski definition) is 1. The molecule has 0 bridgehead atoms. The van der Waals surface area contributed by atoms with Crippen LogP contribution in [-0.2, 0) is 9.84 Å². The predicted octanol–water partition coefficient (Wildman–Crippen LogP) is 2.07. The van der Waals surface area contributed by atoms with Crippen LogP contribution in [0, 0.1) is 17.5 Å². The normalized spacial score (nSPS) is 24.1. The van der Waals surface area contributed by atoms with Crippen LogP contribution < -0.4 is 5.73 Å². The van der Waals surface area contributed by atoms with Crippen LogP contribution in [0.1, 0.15) is 30.9 Å². The summed E-state index contributed by atoms with van der Waals surface area (Å²) in [7, 11) is -3.42. The van der Waals surface area contributed by atoms with E-state index in [4.69, 9.17) is 5.73 Å². The highest BCUT2D eigenvalue weighted by atomic mass is 32.2. The molecule has 2 rings (SSSR count). The Morgan fingerprint density at radius 2 is 1.74 bits per heavy atom. The SMILES string of the molecule is NC(c1cc(F)c(F)cc1F)C1CCCCS1(=O)=O. The standard InChI is InChI=1S/C12H14F3NO2S/c13-8-6-10(15)9(14)5-7(8)12(16)11-3-1-2-4-19(11,17)18/h5-6,11-12H,1-4,16H2. The van der Waals surface area contributed by atoms with E-state index < -0.39 is 38.6 Å². The maximum absolute atomic E-state index is 13.6. The number of rotatable bonds is 2. The minimum atomic E-state index is -3.42. The van der Waals surface area contributed by atoms with Crippen molar-refractivity contribution in [2.24, 2.45) is 5.73 Å². The lowest BCUT2D eigenvalue weighted by Gasteiger charge is -2.28. The molecule has 19 heavy (non-hydrogen) atoms. The van der Waals surface area contributed by atoms with Crippen LogP contribution in [0.25, 0.3) is 0 Å². The molecule has 7 heteroatoms. The highest BCUT2D eigenvalue weighted by Crippen LogP contribution is 2.31. The van der Waals surface area contributed by atoms with Crippen molar-refractivity contribution in [1.29, 1.82) is 0 Å². The Morgan fingerprint density at radius 3 is 2.37 bits per heavy atom. The van der Waals surface area contributed by atoms with Gasteiger partial charge >= 0.3 is 0 Å². The second kappa shape index (κ2) is 5.13. The van der Waals surface area contributed by atoms with Gasteiger partial charge in [0.15, 0.2) is 21.5 Å². The fourth-order valence-electron chi connectivity index (χ4n) is 2.38. The van der Waals surface area contributed by atoms with E-state index in [1.807, 2.05) is 0 Å². The van der Waals surface area contributed by atoms with Gasteiger partial charge in [0.2, 0.25) is 0 Å². The van der Waals surface area contributed by atoms with E-state index in [1.165, 1.54) is 0 Å². The number of nitrogens with two attached hydrogens (primary N) is 1. The number of benzene rings is 1. The molecule has 1 saturated heterocycles. The third kappa shape index (κ3) is 2.76. The molecule has 0 spiro atoms. The maximum Gasteiger partial charge on any atom is 0.161 e. The Bertz CT molecular complexity index is 589. The minimum Gasteiger partial charge on any atom is -0.323 e. The van der Waals surface area contributed by atoms with E-state index in [0.29, 0.717) is 31.4 Å². The van der Waals surface area contributed by atoms with Gasteiger partial charge in [-0.2, -0.15) is 0 Å². The molecule has 1 aromatic carbocycles. The predicted molar refractivity (Wildman–Crippen MR) is 64.7 cm³/mol. The molecule has 1 aliphatic heterocycles. The van der Waals surface area contributed by atoms with Crippen LogP contribution in [0.4, 0.5) is 13.2 Å². The van der Waals surface area contributed by atoms with Gasteiger partial charge in [0, 0.05) is 17.7 Å². The summed E-state index contributed by atoms with van der Waals surface area (Å²) in [6.45, 7) is 0. The lowest BCUT2D eigenvalue weighted by molar-refractivity contribution is 0.468. The van der Waals surface area contributed by atoms with Crippen molar-refractivity contribution >= 4 is 9.84 Å². The summed E-state index contributed by atoms with van der Waals surface area (Å²) >= 11 is 0. The first-order valence-electron chi connectivity index (χ1n) is 5.94. The summed E-state index contributed by atoms with van der Waals surface area (Å²) in [6, 6.07) is -0.153. The average molecular weight is 293 g/mol. The third-order valence-electron chi connectivity index (χ3n) is 3.43. The zero-order valence-electron chi connectivity index (χ0n) is 10.1. The smallest absolute Gasteiger partial charge is 0.161 e. The lowest BCUT2D eigenvalue weighted by Crippen LogP contribution is -2.38. The molecule has 2 N–H and O–H groups in total. The molecular formula is C12H14F3NO2S. The first-order valence-corrected chi connectivity index (χ1v) is 7.66. The Balaban J connectivity index is 2.39. The van der Waals surface area contributed by atoms with Crippen molar-refractivity contribution < 1.29 is 21.6 Å². The van der Waals surface area contributed by atoms with E-state index in [-0.39, 0.29) is 11.3 Å². The van der Waals surface area contributed by atoms with E-state index >= 15 is 0 Å². The Kier molecular flexibility index (Phi) is 3.87. The van der Waals surface area contributed by atoms with Gasteiger partial charge in [0.05, 0.1) is 11.0 Å². The molecule has 1 aromatic rings. The van der Waals surface area contributed by atoms with Gasteiger partial charge in [-0.15, -0.1) is 0 Å². The van der Waals surface area contributed by atoms with Crippen LogP contribution in [-0.4, -0.2) is 19.4 Å². The van der Waals surface area contributed by atoms with Crippen molar-refractivity contribution in [3.8, 4) is 0 Å². The molecule has 0 aromatic heterocycles. The molecule has 106 valence electrons. The molecule has 1 fully saturated rings. The van der Waals surface area contributed by atoms with Gasteiger partial charge in [-0.3, -0.25) is 0 Å². The van der Waals surface area contributed by atoms with Crippen LogP contribution in [0.5, 0.6) is 0 Å². The van der Waals surface area contributed by atoms with Gasteiger partial charge in [-0.05, 0) is 18.9 Å². The van der Waals surface area contributed by atoms with Gasteiger partial charge in [-0.1, -0.05) is 6.42 Å². The number of hydrogen-bond acceptors (Lipinski definition) is 3. The lowest BCUT2D eigenvalue weighted by atomic mass is 9.99. The number of sulfone groups is 1. The summed E-state index contributed by atoms with van der Waals surface area (Å²) < 4.78 is 63.4. The molecule has 0 amide bonds. The largest absolute Gasteiger partial charge is 0.323 e. The molecule has 2 unspecified atom stereocenters. The molecule has 2 atom stereocenters. The van der Waals surface area contributed by atoms with Crippen molar-refractivity contribution in [3.05, 3.63) is 35.1 Å². The third-order valence-corrected chi connectivity index (χ3v) is 5.74. The summed E-state index contributed by atoms with van der Waals surface area (Å²) in [5.41, 5.74) is 5.46. The zero-order valence-corrected chi connectivity index (χ0v) is 10.9. The van der Waals surface area contributed by atoms with E-state index in [2.05, 4.69) is 0 Å². The molecule has 1 heterocycles. The van der Waals surface area contributed by atoms with Gasteiger partial charge < -0.3 is 5.73 Å². The van der Waals surface area contributed by atoms with Crippen LogP contribution >= 0.6 is 0 Å². The topological polar surface area (TPSA) is 60.2 Å². The quantitative estimate of drug-likeness (QED) is 0.849.